The third-order valence-electron chi connectivity index (χ3n) is 4.76. The third-order valence-corrected chi connectivity index (χ3v) is 6.66. The Labute approximate surface area is 185 Å². The summed E-state index contributed by atoms with van der Waals surface area (Å²) in [7, 11) is 0. The molecule has 1 N–H and O–H groups in total. The number of benzene rings is 1. The van der Waals surface area contributed by atoms with Crippen molar-refractivity contribution in [3.63, 3.8) is 0 Å². The number of aryl methyl sites for hydroxylation is 1. The van der Waals surface area contributed by atoms with Crippen molar-refractivity contribution >= 4 is 43.9 Å². The van der Waals surface area contributed by atoms with Crippen LogP contribution in [0.5, 0.6) is 0 Å². The Morgan fingerprint density at radius 3 is 2.84 bits per heavy atom. The molecule has 4 aromatic heterocycles. The summed E-state index contributed by atoms with van der Waals surface area (Å²) in [5.41, 5.74) is 3.46. The standard InChI is InChI=1S/C22H16FN5OS2/c1-13-17-9-19(31-21(17)28(27-13)11-14-4-6-16(23)7-5-14)20(29)26-22-25-18(12-30-22)15-3-2-8-24-10-15/h2-10,12H,11H2,1H3,(H,25,26,29). The molecule has 0 unspecified atom stereocenters. The van der Waals surface area contributed by atoms with Gasteiger partial charge in [-0.1, -0.05) is 12.1 Å². The number of pyridine rings is 1. The third kappa shape index (κ3) is 3.97. The second-order valence-corrected chi connectivity index (χ2v) is 8.82. The highest BCUT2D eigenvalue weighted by atomic mass is 32.1. The van der Waals surface area contributed by atoms with E-state index in [2.05, 4.69) is 20.4 Å². The molecule has 0 aliphatic heterocycles. The lowest BCUT2D eigenvalue weighted by atomic mass is 10.2. The molecule has 5 aromatic rings. The first-order valence-electron chi connectivity index (χ1n) is 9.45. The van der Waals surface area contributed by atoms with Gasteiger partial charge >= 0.3 is 0 Å². The van der Waals surface area contributed by atoms with Crippen LogP contribution in [0.3, 0.4) is 0 Å². The van der Waals surface area contributed by atoms with E-state index in [0.29, 0.717) is 16.6 Å². The highest BCUT2D eigenvalue weighted by Crippen LogP contribution is 2.30. The van der Waals surface area contributed by atoms with Crippen LogP contribution in [0.2, 0.25) is 0 Å². The smallest absolute Gasteiger partial charge is 0.267 e. The molecule has 0 atom stereocenters. The Bertz CT molecular complexity index is 1370. The van der Waals surface area contributed by atoms with Gasteiger partial charge in [-0.15, -0.1) is 22.7 Å². The lowest BCUT2D eigenvalue weighted by molar-refractivity contribution is 0.103. The average molecular weight is 450 g/mol. The number of anilines is 1. The van der Waals surface area contributed by atoms with Gasteiger partial charge in [-0.05, 0) is 42.8 Å². The van der Waals surface area contributed by atoms with Crippen LogP contribution in [0.15, 0.2) is 60.2 Å². The predicted molar refractivity (Wildman–Crippen MR) is 121 cm³/mol. The molecule has 5 rings (SSSR count). The number of fused-ring (bicyclic) bond motifs is 1. The molecule has 31 heavy (non-hydrogen) atoms. The molecule has 1 aromatic carbocycles. The molecule has 0 aliphatic carbocycles. The van der Waals surface area contributed by atoms with E-state index in [1.165, 1.54) is 34.8 Å². The van der Waals surface area contributed by atoms with Crippen molar-refractivity contribution in [2.75, 3.05) is 5.32 Å². The van der Waals surface area contributed by atoms with Crippen LogP contribution in [0.4, 0.5) is 9.52 Å². The number of hydrogen-bond donors (Lipinski definition) is 1. The highest BCUT2D eigenvalue weighted by molar-refractivity contribution is 7.20. The maximum atomic E-state index is 13.2. The molecule has 6 nitrogen and oxygen atoms in total. The van der Waals surface area contributed by atoms with Gasteiger partial charge in [0, 0.05) is 28.7 Å². The number of rotatable bonds is 5. The van der Waals surface area contributed by atoms with E-state index < -0.39 is 0 Å². The molecule has 0 bridgehead atoms. The maximum absolute atomic E-state index is 13.2. The molecular weight excluding hydrogens is 433 g/mol. The molecule has 154 valence electrons. The fraction of sp³-hybridized carbons (Fsp3) is 0.0909. The molecular formula is C22H16FN5OS2. The molecule has 9 heteroatoms. The zero-order chi connectivity index (χ0) is 21.4. The number of thiophene rings is 1. The topological polar surface area (TPSA) is 72.7 Å². The van der Waals surface area contributed by atoms with Gasteiger partial charge in [0.15, 0.2) is 5.13 Å². The van der Waals surface area contributed by atoms with Crippen LogP contribution in [0, 0.1) is 12.7 Å². The second kappa shape index (κ2) is 8.01. The second-order valence-electron chi connectivity index (χ2n) is 6.93. The first-order valence-corrected chi connectivity index (χ1v) is 11.1. The summed E-state index contributed by atoms with van der Waals surface area (Å²) in [6.07, 6.45) is 3.45. The van der Waals surface area contributed by atoms with Crippen molar-refractivity contribution in [1.82, 2.24) is 19.7 Å². The zero-order valence-electron chi connectivity index (χ0n) is 16.4. The normalized spacial score (nSPS) is 11.2. The fourth-order valence-corrected chi connectivity index (χ4v) is 5.00. The van der Waals surface area contributed by atoms with E-state index in [1.807, 2.05) is 35.2 Å². The average Bonchev–Trinajstić information content (AvgIpc) is 3.48. The van der Waals surface area contributed by atoms with Gasteiger partial charge in [0.1, 0.15) is 10.6 Å². The van der Waals surface area contributed by atoms with Gasteiger partial charge in [0.25, 0.3) is 5.91 Å². The Hall–Kier alpha value is -3.43. The SMILES string of the molecule is Cc1nn(Cc2ccc(F)cc2)c2sc(C(=O)Nc3nc(-c4cccnc4)cs3)cc12. The minimum Gasteiger partial charge on any atom is -0.297 e. The van der Waals surface area contributed by atoms with Gasteiger partial charge in [0.05, 0.1) is 22.8 Å². The Morgan fingerprint density at radius 2 is 2.06 bits per heavy atom. The number of aromatic nitrogens is 4. The van der Waals surface area contributed by atoms with Crippen LogP contribution in [0.1, 0.15) is 20.9 Å². The van der Waals surface area contributed by atoms with Crippen molar-refractivity contribution in [3.05, 3.63) is 82.2 Å². The van der Waals surface area contributed by atoms with Crippen LogP contribution < -0.4 is 5.32 Å². The largest absolute Gasteiger partial charge is 0.297 e. The highest BCUT2D eigenvalue weighted by Gasteiger charge is 2.18. The van der Waals surface area contributed by atoms with Crippen molar-refractivity contribution in [2.24, 2.45) is 0 Å². The summed E-state index contributed by atoms with van der Waals surface area (Å²) >= 11 is 2.75. The number of halogens is 1. The Morgan fingerprint density at radius 1 is 1.23 bits per heavy atom. The molecule has 0 aliphatic rings. The maximum Gasteiger partial charge on any atom is 0.267 e. The van der Waals surface area contributed by atoms with Gasteiger partial charge in [-0.3, -0.25) is 19.8 Å². The van der Waals surface area contributed by atoms with E-state index in [0.717, 1.165) is 32.7 Å². The summed E-state index contributed by atoms with van der Waals surface area (Å²) < 4.78 is 15.0. The predicted octanol–water partition coefficient (Wildman–Crippen LogP) is 5.36. The van der Waals surface area contributed by atoms with Crippen LogP contribution in [0.25, 0.3) is 21.5 Å². The van der Waals surface area contributed by atoms with E-state index in [9.17, 15) is 9.18 Å². The van der Waals surface area contributed by atoms with Gasteiger partial charge in [-0.25, -0.2) is 9.37 Å². The monoisotopic (exact) mass is 449 g/mol. The first kappa shape index (κ1) is 19.5. The van der Waals surface area contributed by atoms with Crippen molar-refractivity contribution < 1.29 is 9.18 Å². The minimum atomic E-state index is -0.269. The Kier molecular flexibility index (Phi) is 5.05. The summed E-state index contributed by atoms with van der Waals surface area (Å²) in [4.78, 5) is 22.9. The number of nitrogens with one attached hydrogen (secondary N) is 1. The molecule has 1 amide bonds. The Balaban J connectivity index is 1.37. The number of carbonyl (C=O) groups excluding carboxylic acids is 1. The van der Waals surface area contributed by atoms with Gasteiger partial charge in [-0.2, -0.15) is 5.10 Å². The van der Waals surface area contributed by atoms with Crippen molar-refractivity contribution in [1.29, 1.82) is 0 Å². The number of amides is 1. The molecule has 0 saturated heterocycles. The van der Waals surface area contributed by atoms with E-state index in [-0.39, 0.29) is 11.7 Å². The van der Waals surface area contributed by atoms with Crippen LogP contribution in [-0.2, 0) is 6.54 Å². The molecule has 0 fully saturated rings. The first-order chi connectivity index (χ1) is 15.1. The van der Waals surface area contributed by atoms with Crippen LogP contribution in [-0.4, -0.2) is 25.7 Å². The summed E-state index contributed by atoms with van der Waals surface area (Å²) in [5.74, 6) is -0.476. The van der Waals surface area contributed by atoms with Crippen LogP contribution >= 0.6 is 22.7 Å². The van der Waals surface area contributed by atoms with E-state index in [4.69, 9.17) is 0 Å². The fourth-order valence-electron chi connectivity index (χ4n) is 3.23. The molecule has 0 radical (unpaired) electrons. The number of carbonyl (C=O) groups is 1. The lowest BCUT2D eigenvalue weighted by Gasteiger charge is -2.03. The minimum absolute atomic E-state index is 0.207. The van der Waals surface area contributed by atoms with E-state index >= 15 is 0 Å². The summed E-state index contributed by atoms with van der Waals surface area (Å²) in [5, 5.41) is 10.8. The molecule has 0 spiro atoms. The van der Waals surface area contributed by atoms with Crippen molar-refractivity contribution in [3.8, 4) is 11.3 Å². The van der Waals surface area contributed by atoms with E-state index in [1.54, 1.807) is 24.5 Å². The number of nitrogens with zero attached hydrogens (tertiary/aromatic N) is 4. The zero-order valence-corrected chi connectivity index (χ0v) is 18.0. The van der Waals surface area contributed by atoms with Gasteiger partial charge < -0.3 is 0 Å². The number of hydrogen-bond acceptors (Lipinski definition) is 6. The number of thiazole rings is 1. The summed E-state index contributed by atoms with van der Waals surface area (Å²) in [6, 6.07) is 12.0. The molecule has 0 saturated carbocycles. The summed E-state index contributed by atoms with van der Waals surface area (Å²) in [6.45, 7) is 2.42. The lowest BCUT2D eigenvalue weighted by Crippen LogP contribution is -2.09. The van der Waals surface area contributed by atoms with Gasteiger partial charge in [0.2, 0.25) is 0 Å². The quantitative estimate of drug-likeness (QED) is 0.392. The molecule has 4 heterocycles. The van der Waals surface area contributed by atoms with Crippen molar-refractivity contribution in [2.45, 2.75) is 13.5 Å².